The van der Waals surface area contributed by atoms with Gasteiger partial charge in [0.1, 0.15) is 12.0 Å². The number of aromatic nitrogens is 1. The van der Waals surface area contributed by atoms with E-state index >= 15 is 0 Å². The third kappa shape index (κ3) is 3.96. The molecule has 0 radical (unpaired) electrons. The van der Waals surface area contributed by atoms with Crippen molar-refractivity contribution < 1.29 is 0 Å². The van der Waals surface area contributed by atoms with Crippen molar-refractivity contribution in [1.82, 2.24) is 20.5 Å². The Kier molecular flexibility index (Phi) is 5.14. The van der Waals surface area contributed by atoms with Crippen LogP contribution in [-0.4, -0.2) is 54.2 Å². The van der Waals surface area contributed by atoms with Gasteiger partial charge in [-0.3, -0.25) is 0 Å². The number of nitrogens with one attached hydrogen (secondary N) is 3. The van der Waals surface area contributed by atoms with Crippen LogP contribution in [0.5, 0.6) is 0 Å². The molecule has 1 aliphatic carbocycles. The first-order valence-corrected chi connectivity index (χ1v) is 10.9. The number of allylic oxidation sites excluding steroid dienone is 1. The van der Waals surface area contributed by atoms with Crippen LogP contribution >= 0.6 is 0 Å². The molecule has 154 valence electrons. The van der Waals surface area contributed by atoms with E-state index in [0.717, 1.165) is 44.4 Å². The number of piperazine rings is 1. The van der Waals surface area contributed by atoms with Crippen LogP contribution in [0.4, 0.5) is 11.5 Å². The van der Waals surface area contributed by atoms with Gasteiger partial charge in [0.2, 0.25) is 5.96 Å². The Morgan fingerprint density at radius 1 is 1.14 bits per heavy atom. The van der Waals surface area contributed by atoms with Crippen LogP contribution in [0.15, 0.2) is 46.9 Å². The monoisotopic (exact) mass is 393 g/mol. The zero-order valence-electron chi connectivity index (χ0n) is 17.2. The zero-order valence-corrected chi connectivity index (χ0v) is 17.2. The molecule has 0 spiro atoms. The predicted octanol–water partition coefficient (Wildman–Crippen LogP) is 2.62. The van der Waals surface area contributed by atoms with Crippen LogP contribution in [0.25, 0.3) is 0 Å². The van der Waals surface area contributed by atoms with Gasteiger partial charge in [-0.2, -0.15) is 0 Å². The Morgan fingerprint density at radius 3 is 2.72 bits per heavy atom. The fraction of sp³-hybridized carbons (Fsp3) is 0.545. The summed E-state index contributed by atoms with van der Waals surface area (Å²) in [5, 5.41) is 10.1. The molecule has 1 saturated carbocycles. The SMILES string of the molecule is CC1=CN(C2CCCC2)C2N=C(Nc3ccc(N4CCNCC4)cn3)NC=C2C1. The van der Waals surface area contributed by atoms with E-state index in [1.165, 1.54) is 42.5 Å². The molecule has 3 N–H and O–H groups in total. The van der Waals surface area contributed by atoms with Crippen molar-refractivity contribution in [2.45, 2.75) is 51.2 Å². The Morgan fingerprint density at radius 2 is 1.97 bits per heavy atom. The summed E-state index contributed by atoms with van der Waals surface area (Å²) in [5.41, 5.74) is 3.94. The van der Waals surface area contributed by atoms with Crippen molar-refractivity contribution in [2.75, 3.05) is 36.4 Å². The Balaban J connectivity index is 1.30. The number of aliphatic imine (C=N–C) groups is 1. The number of anilines is 2. The first-order chi connectivity index (χ1) is 14.3. The molecule has 7 heteroatoms. The minimum atomic E-state index is 0.102. The average Bonchev–Trinajstić information content (AvgIpc) is 3.29. The van der Waals surface area contributed by atoms with Gasteiger partial charge in [-0.15, -0.1) is 0 Å². The van der Waals surface area contributed by atoms with Gasteiger partial charge in [-0.05, 0) is 43.9 Å². The molecular formula is C22H31N7. The van der Waals surface area contributed by atoms with Crippen molar-refractivity contribution in [3.63, 3.8) is 0 Å². The van der Waals surface area contributed by atoms with E-state index in [0.29, 0.717) is 6.04 Å². The summed E-state index contributed by atoms with van der Waals surface area (Å²) in [5.74, 6) is 1.60. The number of guanidine groups is 1. The highest BCUT2D eigenvalue weighted by molar-refractivity contribution is 5.94. The van der Waals surface area contributed by atoms with Crippen molar-refractivity contribution in [1.29, 1.82) is 0 Å². The van der Waals surface area contributed by atoms with Gasteiger partial charge in [0.25, 0.3) is 0 Å². The number of hydrogen-bond acceptors (Lipinski definition) is 7. The van der Waals surface area contributed by atoms with Gasteiger partial charge in [0, 0.05) is 44.6 Å². The van der Waals surface area contributed by atoms with Gasteiger partial charge in [-0.1, -0.05) is 18.4 Å². The fourth-order valence-corrected chi connectivity index (χ4v) is 4.84. The lowest BCUT2D eigenvalue weighted by Gasteiger charge is -2.40. The highest BCUT2D eigenvalue weighted by atomic mass is 15.3. The quantitative estimate of drug-likeness (QED) is 0.734. The summed E-state index contributed by atoms with van der Waals surface area (Å²) in [6, 6.07) is 4.79. The van der Waals surface area contributed by atoms with Crippen LogP contribution < -0.4 is 20.9 Å². The predicted molar refractivity (Wildman–Crippen MR) is 118 cm³/mol. The summed E-state index contributed by atoms with van der Waals surface area (Å²) in [6.07, 6.45) is 12.7. The van der Waals surface area contributed by atoms with Gasteiger partial charge >= 0.3 is 0 Å². The maximum atomic E-state index is 5.02. The number of fused-ring (bicyclic) bond motifs is 1. The number of pyridine rings is 1. The van der Waals surface area contributed by atoms with E-state index in [1.54, 1.807) is 0 Å². The van der Waals surface area contributed by atoms with E-state index in [2.05, 4.69) is 56.1 Å². The number of nitrogens with zero attached hydrogens (tertiary/aromatic N) is 4. The Labute approximate surface area is 173 Å². The molecule has 7 nitrogen and oxygen atoms in total. The largest absolute Gasteiger partial charge is 0.368 e. The molecule has 5 rings (SSSR count). The third-order valence-electron chi connectivity index (χ3n) is 6.33. The number of hydrogen-bond donors (Lipinski definition) is 3. The molecule has 0 bridgehead atoms. The van der Waals surface area contributed by atoms with Crippen LogP contribution in [0, 0.1) is 0 Å². The first-order valence-electron chi connectivity index (χ1n) is 10.9. The molecule has 0 amide bonds. The lowest BCUT2D eigenvalue weighted by Crippen LogP contribution is -2.45. The van der Waals surface area contributed by atoms with E-state index in [9.17, 15) is 0 Å². The lowest BCUT2D eigenvalue weighted by atomic mass is 9.98. The molecule has 1 saturated heterocycles. The summed E-state index contributed by atoms with van der Waals surface area (Å²) < 4.78 is 0. The van der Waals surface area contributed by atoms with Crippen molar-refractivity contribution in [2.24, 2.45) is 4.99 Å². The minimum Gasteiger partial charge on any atom is -0.368 e. The summed E-state index contributed by atoms with van der Waals surface area (Å²) in [4.78, 5) is 14.5. The minimum absolute atomic E-state index is 0.102. The van der Waals surface area contributed by atoms with Gasteiger partial charge in [-0.25, -0.2) is 9.98 Å². The fourth-order valence-electron chi connectivity index (χ4n) is 4.84. The maximum absolute atomic E-state index is 5.02. The second-order valence-electron chi connectivity index (χ2n) is 8.52. The molecule has 3 aliphatic heterocycles. The first kappa shape index (κ1) is 18.5. The molecule has 1 atom stereocenters. The summed E-state index contributed by atoms with van der Waals surface area (Å²) in [6.45, 7) is 6.34. The topological polar surface area (TPSA) is 67.8 Å². The highest BCUT2D eigenvalue weighted by Gasteiger charge is 2.33. The van der Waals surface area contributed by atoms with Crippen LogP contribution in [0.1, 0.15) is 39.0 Å². The van der Waals surface area contributed by atoms with E-state index in [-0.39, 0.29) is 6.17 Å². The molecular weight excluding hydrogens is 362 g/mol. The standard InChI is InChI=1S/C22H31N7/c1-16-12-17-13-25-22(27-21(17)29(15-16)18-4-2-3-5-18)26-20-7-6-19(14-24-20)28-10-8-23-9-11-28/h6-7,13-15,18,21,23H,2-5,8-12H2,1H3,(H2,24,25,26,27). The average molecular weight is 394 g/mol. The highest BCUT2D eigenvalue weighted by Crippen LogP contribution is 2.34. The van der Waals surface area contributed by atoms with E-state index in [4.69, 9.17) is 4.99 Å². The molecule has 1 aromatic heterocycles. The van der Waals surface area contributed by atoms with E-state index < -0.39 is 0 Å². The van der Waals surface area contributed by atoms with Crippen molar-refractivity contribution >= 4 is 17.5 Å². The summed E-state index contributed by atoms with van der Waals surface area (Å²) in [7, 11) is 0. The third-order valence-corrected chi connectivity index (χ3v) is 6.33. The van der Waals surface area contributed by atoms with Crippen LogP contribution in [-0.2, 0) is 0 Å². The molecule has 29 heavy (non-hydrogen) atoms. The zero-order chi connectivity index (χ0) is 19.6. The van der Waals surface area contributed by atoms with Crippen molar-refractivity contribution in [3.05, 3.63) is 41.9 Å². The van der Waals surface area contributed by atoms with Crippen LogP contribution in [0.3, 0.4) is 0 Å². The van der Waals surface area contributed by atoms with Gasteiger partial charge in [0.05, 0.1) is 11.9 Å². The second-order valence-corrected chi connectivity index (χ2v) is 8.52. The second kappa shape index (κ2) is 8.06. The van der Waals surface area contributed by atoms with Crippen LogP contribution in [0.2, 0.25) is 0 Å². The molecule has 1 aromatic rings. The Hall–Kier alpha value is -2.54. The molecule has 4 aliphatic rings. The summed E-state index contributed by atoms with van der Waals surface area (Å²) >= 11 is 0. The van der Waals surface area contributed by atoms with Gasteiger partial charge in [0.15, 0.2) is 0 Å². The Bertz CT molecular complexity index is 814. The molecule has 4 heterocycles. The number of rotatable bonds is 3. The maximum Gasteiger partial charge on any atom is 0.203 e. The molecule has 0 aromatic carbocycles. The smallest absolute Gasteiger partial charge is 0.203 e. The normalized spacial score (nSPS) is 25.0. The molecule has 2 fully saturated rings. The van der Waals surface area contributed by atoms with Crippen molar-refractivity contribution in [3.8, 4) is 0 Å². The van der Waals surface area contributed by atoms with E-state index in [1.807, 2.05) is 12.3 Å². The van der Waals surface area contributed by atoms with Gasteiger partial charge < -0.3 is 25.8 Å². The lowest BCUT2D eigenvalue weighted by molar-refractivity contribution is 0.219. The molecule has 1 unspecified atom stereocenters.